The van der Waals surface area contributed by atoms with Crippen molar-refractivity contribution < 1.29 is 0 Å². The molecule has 2 aromatic heterocycles. The Balaban J connectivity index is 2.06. The van der Waals surface area contributed by atoms with Crippen molar-refractivity contribution in [2.75, 3.05) is 23.9 Å². The summed E-state index contributed by atoms with van der Waals surface area (Å²) in [5.74, 6) is 2.79. The SMILES string of the molecule is CSCC(C)CNc1ncnc2ccsc12. The molecule has 2 aromatic rings. The van der Waals surface area contributed by atoms with Crippen LogP contribution in [0.4, 0.5) is 5.82 Å². The molecule has 0 aromatic carbocycles. The molecule has 16 heavy (non-hydrogen) atoms. The van der Waals surface area contributed by atoms with Gasteiger partial charge in [-0.15, -0.1) is 11.3 Å². The van der Waals surface area contributed by atoms with Gasteiger partial charge in [-0.05, 0) is 29.4 Å². The van der Waals surface area contributed by atoms with Crippen LogP contribution in [0.1, 0.15) is 6.92 Å². The number of hydrogen-bond acceptors (Lipinski definition) is 5. The maximum Gasteiger partial charge on any atom is 0.147 e. The smallest absolute Gasteiger partial charge is 0.147 e. The van der Waals surface area contributed by atoms with Gasteiger partial charge in [-0.2, -0.15) is 11.8 Å². The molecular weight excluding hydrogens is 238 g/mol. The van der Waals surface area contributed by atoms with Crippen molar-refractivity contribution in [2.24, 2.45) is 5.92 Å². The van der Waals surface area contributed by atoms with E-state index in [2.05, 4.69) is 33.8 Å². The molecule has 0 aliphatic carbocycles. The van der Waals surface area contributed by atoms with E-state index in [0.29, 0.717) is 5.92 Å². The Morgan fingerprint density at radius 3 is 3.19 bits per heavy atom. The van der Waals surface area contributed by atoms with Crippen LogP contribution in [0.2, 0.25) is 0 Å². The summed E-state index contributed by atoms with van der Waals surface area (Å²) < 4.78 is 1.15. The normalized spacial score (nSPS) is 12.9. The second-order valence-corrected chi connectivity index (χ2v) is 5.63. The minimum Gasteiger partial charge on any atom is -0.368 e. The first-order chi connectivity index (χ1) is 7.81. The molecule has 2 rings (SSSR count). The average Bonchev–Trinajstić information content (AvgIpc) is 2.75. The lowest BCUT2D eigenvalue weighted by Crippen LogP contribution is -2.14. The van der Waals surface area contributed by atoms with Crippen molar-refractivity contribution in [1.29, 1.82) is 0 Å². The van der Waals surface area contributed by atoms with Gasteiger partial charge in [-0.25, -0.2) is 9.97 Å². The number of anilines is 1. The summed E-state index contributed by atoms with van der Waals surface area (Å²) in [5, 5.41) is 5.46. The molecule has 1 N–H and O–H groups in total. The van der Waals surface area contributed by atoms with Crippen molar-refractivity contribution in [3.05, 3.63) is 17.8 Å². The van der Waals surface area contributed by atoms with Gasteiger partial charge in [0.25, 0.3) is 0 Å². The number of thiophene rings is 1. The van der Waals surface area contributed by atoms with E-state index < -0.39 is 0 Å². The first kappa shape index (κ1) is 11.7. The Morgan fingerprint density at radius 1 is 1.50 bits per heavy atom. The monoisotopic (exact) mass is 253 g/mol. The van der Waals surface area contributed by atoms with Crippen LogP contribution in [0.15, 0.2) is 17.8 Å². The molecule has 0 aliphatic heterocycles. The minimum absolute atomic E-state index is 0.653. The fourth-order valence-corrected chi connectivity index (χ4v) is 3.03. The van der Waals surface area contributed by atoms with Crippen LogP contribution in [-0.2, 0) is 0 Å². The second kappa shape index (κ2) is 5.50. The Labute approximate surface area is 104 Å². The molecule has 86 valence electrons. The number of thioether (sulfide) groups is 1. The molecule has 1 atom stereocenters. The van der Waals surface area contributed by atoms with Crippen LogP contribution in [0.3, 0.4) is 0 Å². The number of aromatic nitrogens is 2. The molecule has 5 heteroatoms. The molecule has 3 nitrogen and oxygen atoms in total. The van der Waals surface area contributed by atoms with Gasteiger partial charge in [0.05, 0.1) is 10.2 Å². The number of hydrogen-bond donors (Lipinski definition) is 1. The number of nitrogens with one attached hydrogen (secondary N) is 1. The minimum atomic E-state index is 0.653. The average molecular weight is 253 g/mol. The first-order valence-electron chi connectivity index (χ1n) is 5.22. The highest BCUT2D eigenvalue weighted by Crippen LogP contribution is 2.24. The standard InChI is InChI=1S/C11H15N3S2/c1-8(6-15-2)5-12-11-10-9(3-4-16-10)13-7-14-11/h3-4,7-8H,5-6H2,1-2H3,(H,12,13,14). The van der Waals surface area contributed by atoms with Crippen LogP contribution in [-0.4, -0.2) is 28.5 Å². The number of fused-ring (bicyclic) bond motifs is 1. The van der Waals surface area contributed by atoms with Gasteiger partial charge in [0.15, 0.2) is 0 Å². The zero-order chi connectivity index (χ0) is 11.4. The van der Waals surface area contributed by atoms with Crippen LogP contribution in [0.5, 0.6) is 0 Å². The molecular formula is C11H15N3S2. The fourth-order valence-electron chi connectivity index (χ4n) is 1.53. The van der Waals surface area contributed by atoms with E-state index in [1.54, 1.807) is 17.7 Å². The van der Waals surface area contributed by atoms with E-state index in [-0.39, 0.29) is 0 Å². The van der Waals surface area contributed by atoms with Crippen LogP contribution >= 0.6 is 23.1 Å². The molecule has 0 amide bonds. The van der Waals surface area contributed by atoms with E-state index in [1.807, 2.05) is 17.8 Å². The lowest BCUT2D eigenvalue weighted by molar-refractivity contribution is 0.700. The third kappa shape index (κ3) is 2.65. The fraction of sp³-hybridized carbons (Fsp3) is 0.455. The first-order valence-corrected chi connectivity index (χ1v) is 7.49. The summed E-state index contributed by atoms with van der Waals surface area (Å²) in [4.78, 5) is 8.51. The molecule has 1 unspecified atom stereocenters. The summed E-state index contributed by atoms with van der Waals surface area (Å²) in [7, 11) is 0. The predicted octanol–water partition coefficient (Wildman–Crippen LogP) is 3.10. The largest absolute Gasteiger partial charge is 0.368 e. The third-order valence-corrected chi connectivity index (χ3v) is 4.13. The highest BCUT2D eigenvalue weighted by Gasteiger charge is 2.06. The zero-order valence-corrected chi connectivity index (χ0v) is 11.1. The number of rotatable bonds is 5. The molecule has 0 saturated heterocycles. The van der Waals surface area contributed by atoms with Gasteiger partial charge >= 0.3 is 0 Å². The van der Waals surface area contributed by atoms with Crippen LogP contribution in [0.25, 0.3) is 10.2 Å². The van der Waals surface area contributed by atoms with Gasteiger partial charge in [-0.1, -0.05) is 6.92 Å². The lowest BCUT2D eigenvalue weighted by atomic mass is 10.2. The third-order valence-electron chi connectivity index (χ3n) is 2.31. The molecule has 2 heterocycles. The van der Waals surface area contributed by atoms with Crippen molar-refractivity contribution in [3.63, 3.8) is 0 Å². The highest BCUT2D eigenvalue weighted by molar-refractivity contribution is 7.98. The van der Waals surface area contributed by atoms with E-state index in [4.69, 9.17) is 0 Å². The summed E-state index contributed by atoms with van der Waals surface area (Å²) in [6.45, 7) is 3.21. The molecule has 0 fully saturated rings. The van der Waals surface area contributed by atoms with E-state index in [1.165, 1.54) is 5.75 Å². The number of nitrogens with zero attached hydrogens (tertiary/aromatic N) is 2. The Hall–Kier alpha value is -0.810. The topological polar surface area (TPSA) is 37.8 Å². The maximum absolute atomic E-state index is 4.29. The quantitative estimate of drug-likeness (QED) is 0.888. The Kier molecular flexibility index (Phi) is 4.01. The molecule has 0 radical (unpaired) electrons. The van der Waals surface area contributed by atoms with Crippen LogP contribution < -0.4 is 5.32 Å². The summed E-state index contributed by atoms with van der Waals surface area (Å²) in [6.07, 6.45) is 3.76. The lowest BCUT2D eigenvalue weighted by Gasteiger charge is -2.11. The highest BCUT2D eigenvalue weighted by atomic mass is 32.2. The predicted molar refractivity (Wildman–Crippen MR) is 73.5 cm³/mol. The molecule has 0 aliphatic rings. The Morgan fingerprint density at radius 2 is 2.38 bits per heavy atom. The molecule has 0 bridgehead atoms. The van der Waals surface area contributed by atoms with Gasteiger partial charge in [0.2, 0.25) is 0 Å². The van der Waals surface area contributed by atoms with Gasteiger partial charge in [-0.3, -0.25) is 0 Å². The van der Waals surface area contributed by atoms with Gasteiger partial charge in [0.1, 0.15) is 12.1 Å². The molecule has 0 spiro atoms. The summed E-state index contributed by atoms with van der Waals surface area (Å²) >= 11 is 3.57. The van der Waals surface area contributed by atoms with E-state index in [9.17, 15) is 0 Å². The van der Waals surface area contributed by atoms with Gasteiger partial charge < -0.3 is 5.32 Å². The van der Waals surface area contributed by atoms with E-state index in [0.717, 1.165) is 22.6 Å². The van der Waals surface area contributed by atoms with Crippen LogP contribution in [0, 0.1) is 5.92 Å². The van der Waals surface area contributed by atoms with Gasteiger partial charge in [0, 0.05) is 6.54 Å². The van der Waals surface area contributed by atoms with E-state index >= 15 is 0 Å². The summed E-state index contributed by atoms with van der Waals surface area (Å²) in [6, 6.07) is 2.03. The van der Waals surface area contributed by atoms with Crippen molar-refractivity contribution >= 4 is 39.1 Å². The molecule has 0 saturated carbocycles. The maximum atomic E-state index is 4.29. The van der Waals surface area contributed by atoms with Crippen molar-refractivity contribution in [2.45, 2.75) is 6.92 Å². The second-order valence-electron chi connectivity index (χ2n) is 3.80. The summed E-state index contributed by atoms with van der Waals surface area (Å²) in [5.41, 5.74) is 1.03. The zero-order valence-electron chi connectivity index (χ0n) is 9.43. The van der Waals surface area contributed by atoms with Crippen molar-refractivity contribution in [3.8, 4) is 0 Å². The van der Waals surface area contributed by atoms with Crippen molar-refractivity contribution in [1.82, 2.24) is 9.97 Å². The Bertz CT molecular complexity index is 455.